The molecule has 0 aliphatic carbocycles. The molecule has 0 saturated carbocycles. The summed E-state index contributed by atoms with van der Waals surface area (Å²) in [5.74, 6) is 1.08. The van der Waals surface area contributed by atoms with E-state index in [4.69, 9.17) is 9.73 Å². The molecule has 0 bridgehead atoms. The van der Waals surface area contributed by atoms with E-state index in [-0.39, 0.29) is 0 Å². The van der Waals surface area contributed by atoms with E-state index in [0.29, 0.717) is 6.04 Å². The van der Waals surface area contributed by atoms with Crippen LogP contribution in [0.3, 0.4) is 0 Å². The van der Waals surface area contributed by atoms with Gasteiger partial charge in [0.25, 0.3) is 0 Å². The fourth-order valence-electron chi connectivity index (χ4n) is 4.10. The predicted octanol–water partition coefficient (Wildman–Crippen LogP) is 2.22. The van der Waals surface area contributed by atoms with Crippen LogP contribution in [0.25, 0.3) is 0 Å². The van der Waals surface area contributed by atoms with Crippen LogP contribution in [0, 0.1) is 13.8 Å². The minimum absolute atomic E-state index is 0.641. The van der Waals surface area contributed by atoms with Gasteiger partial charge in [0.1, 0.15) is 0 Å². The zero-order chi connectivity index (χ0) is 18.4. The van der Waals surface area contributed by atoms with E-state index in [1.165, 1.54) is 23.1 Å². The van der Waals surface area contributed by atoms with Crippen LogP contribution in [-0.4, -0.2) is 74.3 Å². The molecule has 0 radical (unpaired) electrons. The normalized spacial score (nSPS) is 22.0. The third-order valence-corrected chi connectivity index (χ3v) is 5.30. The molecule has 2 aliphatic heterocycles. The lowest BCUT2D eigenvalue weighted by atomic mass is 10.1. The minimum atomic E-state index is 0.641. The van der Waals surface area contributed by atoms with Gasteiger partial charge in [0.05, 0.1) is 13.2 Å². The first kappa shape index (κ1) is 19.2. The van der Waals surface area contributed by atoms with Gasteiger partial charge in [-0.25, -0.2) is 0 Å². The van der Waals surface area contributed by atoms with Crippen molar-refractivity contribution in [1.82, 2.24) is 15.1 Å². The van der Waals surface area contributed by atoms with Crippen LogP contribution in [-0.2, 0) is 11.2 Å². The molecule has 2 aliphatic rings. The van der Waals surface area contributed by atoms with E-state index in [0.717, 1.165) is 64.9 Å². The van der Waals surface area contributed by atoms with Crippen molar-refractivity contribution >= 4 is 5.96 Å². The van der Waals surface area contributed by atoms with Crippen LogP contribution < -0.4 is 5.32 Å². The number of aryl methyl sites for hydroxylation is 2. The number of guanidine groups is 1. The summed E-state index contributed by atoms with van der Waals surface area (Å²) >= 11 is 0. The summed E-state index contributed by atoms with van der Waals surface area (Å²) in [4.78, 5) is 9.94. The Morgan fingerprint density at radius 3 is 2.58 bits per heavy atom. The summed E-state index contributed by atoms with van der Waals surface area (Å²) in [5.41, 5.74) is 4.06. The summed E-state index contributed by atoms with van der Waals surface area (Å²) in [5, 5.41) is 3.49. The maximum atomic E-state index is 5.49. The highest BCUT2D eigenvalue weighted by molar-refractivity contribution is 5.80. The second kappa shape index (κ2) is 9.38. The fraction of sp³-hybridized carbons (Fsp3) is 0.667. The van der Waals surface area contributed by atoms with Gasteiger partial charge in [-0.15, -0.1) is 0 Å². The van der Waals surface area contributed by atoms with Crippen LogP contribution in [0.5, 0.6) is 0 Å². The number of rotatable bonds is 5. The van der Waals surface area contributed by atoms with Crippen molar-refractivity contribution < 1.29 is 4.74 Å². The molecular formula is C21H34N4O. The Morgan fingerprint density at radius 1 is 1.15 bits per heavy atom. The van der Waals surface area contributed by atoms with Crippen LogP contribution in [0.4, 0.5) is 0 Å². The molecule has 26 heavy (non-hydrogen) atoms. The van der Waals surface area contributed by atoms with Crippen molar-refractivity contribution in [2.75, 3.05) is 52.5 Å². The smallest absolute Gasteiger partial charge is 0.193 e. The van der Waals surface area contributed by atoms with Gasteiger partial charge in [-0.3, -0.25) is 9.89 Å². The number of likely N-dealkylation sites (tertiary alicyclic amines) is 1. The van der Waals surface area contributed by atoms with Crippen molar-refractivity contribution in [3.8, 4) is 0 Å². The molecule has 2 fully saturated rings. The van der Waals surface area contributed by atoms with E-state index in [1.54, 1.807) is 0 Å². The summed E-state index contributed by atoms with van der Waals surface area (Å²) in [6, 6.07) is 7.42. The summed E-state index contributed by atoms with van der Waals surface area (Å²) in [6.07, 6.45) is 2.22. The Labute approximate surface area is 158 Å². The molecule has 5 nitrogen and oxygen atoms in total. The topological polar surface area (TPSA) is 40.1 Å². The first-order chi connectivity index (χ1) is 12.7. The minimum Gasteiger partial charge on any atom is -0.379 e. The van der Waals surface area contributed by atoms with Crippen molar-refractivity contribution in [2.24, 2.45) is 4.99 Å². The lowest BCUT2D eigenvalue weighted by Gasteiger charge is -2.32. The van der Waals surface area contributed by atoms with Crippen molar-refractivity contribution in [3.63, 3.8) is 0 Å². The molecule has 1 unspecified atom stereocenters. The number of hydrogen-bond donors (Lipinski definition) is 1. The first-order valence-electron chi connectivity index (χ1n) is 10.1. The third kappa shape index (κ3) is 5.21. The van der Waals surface area contributed by atoms with Gasteiger partial charge < -0.3 is 15.0 Å². The maximum Gasteiger partial charge on any atom is 0.193 e. The Morgan fingerprint density at radius 2 is 1.88 bits per heavy atom. The Bertz CT molecular complexity index is 590. The number of nitrogens with one attached hydrogen (secondary N) is 1. The molecule has 3 rings (SSSR count). The second-order valence-corrected chi connectivity index (χ2v) is 7.52. The van der Waals surface area contributed by atoms with Crippen molar-refractivity contribution in [1.29, 1.82) is 0 Å². The molecule has 5 heteroatoms. The highest BCUT2D eigenvalue weighted by atomic mass is 16.5. The van der Waals surface area contributed by atoms with E-state index >= 15 is 0 Å². The number of aliphatic imine (C=N–C) groups is 1. The molecular weight excluding hydrogens is 324 g/mol. The summed E-state index contributed by atoms with van der Waals surface area (Å²) < 4.78 is 5.49. The standard InChI is InChI=1S/C21H34N4O/c1-4-22-21(23-7-5-19-14-17(2)13-18(3)15-19)25-8-6-20(16-25)24-9-11-26-12-10-24/h13-15,20H,4-12,16H2,1-3H3,(H,22,23). The van der Waals surface area contributed by atoms with Gasteiger partial charge >= 0.3 is 0 Å². The predicted molar refractivity (Wildman–Crippen MR) is 108 cm³/mol. The van der Waals surface area contributed by atoms with Crippen LogP contribution >= 0.6 is 0 Å². The number of morpholine rings is 1. The number of hydrogen-bond acceptors (Lipinski definition) is 3. The number of nitrogens with zero attached hydrogens (tertiary/aromatic N) is 3. The van der Waals surface area contributed by atoms with Gasteiger partial charge in [0, 0.05) is 45.3 Å². The Kier molecular flexibility index (Phi) is 6.92. The zero-order valence-corrected chi connectivity index (χ0v) is 16.6. The molecule has 1 aromatic carbocycles. The molecule has 1 atom stereocenters. The van der Waals surface area contributed by atoms with Gasteiger partial charge in [-0.05, 0) is 39.2 Å². The van der Waals surface area contributed by atoms with Gasteiger partial charge in [0.2, 0.25) is 0 Å². The zero-order valence-electron chi connectivity index (χ0n) is 16.6. The maximum absolute atomic E-state index is 5.49. The SMILES string of the molecule is CCNC(=NCCc1cc(C)cc(C)c1)N1CCC(N2CCOCC2)C1. The number of ether oxygens (including phenoxy) is 1. The van der Waals surface area contributed by atoms with Gasteiger partial charge in [0.15, 0.2) is 5.96 Å². The van der Waals surface area contributed by atoms with Crippen molar-refractivity contribution in [3.05, 3.63) is 34.9 Å². The molecule has 0 spiro atoms. The third-order valence-electron chi connectivity index (χ3n) is 5.30. The number of benzene rings is 1. The second-order valence-electron chi connectivity index (χ2n) is 7.52. The monoisotopic (exact) mass is 358 g/mol. The summed E-state index contributed by atoms with van der Waals surface area (Å²) in [7, 11) is 0. The van der Waals surface area contributed by atoms with Crippen LogP contribution in [0.15, 0.2) is 23.2 Å². The van der Waals surface area contributed by atoms with E-state index in [9.17, 15) is 0 Å². The van der Waals surface area contributed by atoms with Crippen molar-refractivity contribution in [2.45, 2.75) is 39.7 Å². The molecule has 0 aromatic heterocycles. The molecule has 144 valence electrons. The largest absolute Gasteiger partial charge is 0.379 e. The quantitative estimate of drug-likeness (QED) is 0.647. The van der Waals surface area contributed by atoms with E-state index in [2.05, 4.69) is 54.1 Å². The molecule has 0 amide bonds. The fourth-order valence-corrected chi connectivity index (χ4v) is 4.10. The average molecular weight is 359 g/mol. The Balaban J connectivity index is 1.56. The molecule has 1 N–H and O–H groups in total. The molecule has 2 heterocycles. The highest BCUT2D eigenvalue weighted by Gasteiger charge is 2.30. The van der Waals surface area contributed by atoms with E-state index in [1.807, 2.05) is 0 Å². The lowest BCUT2D eigenvalue weighted by Crippen LogP contribution is -2.46. The van der Waals surface area contributed by atoms with Crippen LogP contribution in [0.2, 0.25) is 0 Å². The van der Waals surface area contributed by atoms with Gasteiger partial charge in [-0.1, -0.05) is 29.3 Å². The molecule has 2 saturated heterocycles. The van der Waals surface area contributed by atoms with E-state index < -0.39 is 0 Å². The summed E-state index contributed by atoms with van der Waals surface area (Å²) in [6.45, 7) is 14.3. The highest BCUT2D eigenvalue weighted by Crippen LogP contribution is 2.17. The average Bonchev–Trinajstić information content (AvgIpc) is 3.11. The first-order valence-corrected chi connectivity index (χ1v) is 10.1. The Hall–Kier alpha value is -1.59. The molecule has 1 aromatic rings. The lowest BCUT2D eigenvalue weighted by molar-refractivity contribution is 0.0195. The van der Waals surface area contributed by atoms with Gasteiger partial charge in [-0.2, -0.15) is 0 Å². The van der Waals surface area contributed by atoms with Crippen LogP contribution in [0.1, 0.15) is 30.0 Å².